The second-order valence-electron chi connectivity index (χ2n) is 6.08. The van der Waals surface area contributed by atoms with Crippen molar-refractivity contribution in [1.82, 2.24) is 24.9 Å². The minimum atomic E-state index is -0.477. The maximum absolute atomic E-state index is 12.9. The van der Waals surface area contributed by atoms with Crippen LogP contribution in [0.15, 0.2) is 67.4 Å². The molecule has 0 bridgehead atoms. The summed E-state index contributed by atoms with van der Waals surface area (Å²) in [5.41, 5.74) is 2.13. The third-order valence-electron chi connectivity index (χ3n) is 4.17. The third-order valence-corrected chi connectivity index (χ3v) is 4.40. The zero-order chi connectivity index (χ0) is 20.9. The van der Waals surface area contributed by atoms with Crippen molar-refractivity contribution in [3.63, 3.8) is 0 Å². The summed E-state index contributed by atoms with van der Waals surface area (Å²) >= 11 is 6.02. The molecule has 0 radical (unpaired) electrons. The summed E-state index contributed by atoms with van der Waals surface area (Å²) < 4.78 is 0. The van der Waals surface area contributed by atoms with E-state index < -0.39 is 5.91 Å². The Labute approximate surface area is 176 Å². The van der Waals surface area contributed by atoms with Crippen molar-refractivity contribution in [3.05, 3.63) is 83.5 Å². The van der Waals surface area contributed by atoms with Gasteiger partial charge >= 0.3 is 0 Å². The summed E-state index contributed by atoms with van der Waals surface area (Å²) in [5.74, 6) is -0.0355. The second-order valence-corrected chi connectivity index (χ2v) is 6.51. The largest absolute Gasteiger partial charge is 0.298 e. The van der Waals surface area contributed by atoms with E-state index >= 15 is 0 Å². The van der Waals surface area contributed by atoms with Crippen LogP contribution in [0.4, 0.5) is 5.95 Å². The van der Waals surface area contributed by atoms with Crippen molar-refractivity contribution >= 4 is 29.7 Å². The topological polar surface area (TPSA) is 111 Å². The van der Waals surface area contributed by atoms with Gasteiger partial charge in [-0.2, -0.15) is 4.98 Å². The number of halogens is 1. The number of anilines is 1. The number of nitrogens with zero attached hydrogens (tertiary/aromatic N) is 5. The number of nitrogens with one attached hydrogen (secondary N) is 1. The lowest BCUT2D eigenvalue weighted by atomic mass is 10.0. The predicted octanol–water partition coefficient (Wildman–Crippen LogP) is 3.71. The molecule has 4 aromatic rings. The number of aromatic nitrogens is 5. The van der Waals surface area contributed by atoms with E-state index in [9.17, 15) is 9.59 Å². The molecule has 8 nitrogen and oxygen atoms in total. The third kappa shape index (κ3) is 4.03. The Kier molecular flexibility index (Phi) is 5.49. The molecule has 0 spiro atoms. The monoisotopic (exact) mass is 416 g/mol. The Morgan fingerprint density at radius 3 is 2.77 bits per heavy atom. The molecule has 1 amide bonds. The van der Waals surface area contributed by atoms with Crippen molar-refractivity contribution < 1.29 is 9.59 Å². The molecule has 0 atom stereocenters. The first-order valence-electron chi connectivity index (χ1n) is 8.76. The van der Waals surface area contributed by atoms with E-state index in [0.717, 1.165) is 0 Å². The van der Waals surface area contributed by atoms with E-state index in [4.69, 9.17) is 11.6 Å². The number of rotatable bonds is 5. The molecular weight excluding hydrogens is 404 g/mol. The van der Waals surface area contributed by atoms with E-state index in [-0.39, 0.29) is 11.5 Å². The van der Waals surface area contributed by atoms with Crippen molar-refractivity contribution in [2.75, 3.05) is 5.32 Å². The minimum absolute atomic E-state index is 0.0742. The maximum atomic E-state index is 12.9. The number of carbonyl (C=O) groups is 2. The summed E-state index contributed by atoms with van der Waals surface area (Å²) in [6.45, 7) is 0. The van der Waals surface area contributed by atoms with Gasteiger partial charge in [0.1, 0.15) is 6.33 Å². The number of hydrogen-bond donors (Lipinski definition) is 1. The van der Waals surface area contributed by atoms with Crippen molar-refractivity contribution in [3.8, 4) is 22.6 Å². The molecule has 30 heavy (non-hydrogen) atoms. The van der Waals surface area contributed by atoms with E-state index in [0.29, 0.717) is 39.5 Å². The highest BCUT2D eigenvalue weighted by Crippen LogP contribution is 2.24. The highest BCUT2D eigenvalue weighted by molar-refractivity contribution is 6.30. The molecule has 0 unspecified atom stereocenters. The fourth-order valence-electron chi connectivity index (χ4n) is 2.81. The molecule has 0 fully saturated rings. The molecule has 1 aromatic carbocycles. The summed E-state index contributed by atoms with van der Waals surface area (Å²) in [4.78, 5) is 44.9. The molecule has 9 heteroatoms. The SMILES string of the molecule is O=Cc1cnccc1-c1ncccc1C(=O)Nc1ncnc(-c2cccc(Cl)c2)n1. The molecule has 0 aliphatic heterocycles. The lowest BCUT2D eigenvalue weighted by Crippen LogP contribution is -2.16. The summed E-state index contributed by atoms with van der Waals surface area (Å²) in [5, 5.41) is 3.20. The van der Waals surface area contributed by atoms with Gasteiger partial charge < -0.3 is 0 Å². The van der Waals surface area contributed by atoms with Crippen LogP contribution in [-0.2, 0) is 0 Å². The zero-order valence-electron chi connectivity index (χ0n) is 15.4. The molecule has 0 aliphatic rings. The standard InChI is InChI=1S/C21H13ClN6O2/c22-15-4-1-3-13(9-15)19-25-12-26-21(27-19)28-20(30)17-5-2-7-24-18(17)16-6-8-23-10-14(16)11-29/h1-12H,(H,25,26,27,28,30). The van der Waals surface area contributed by atoms with Gasteiger partial charge in [-0.3, -0.25) is 24.9 Å². The Morgan fingerprint density at radius 1 is 1.03 bits per heavy atom. The first-order valence-corrected chi connectivity index (χ1v) is 9.14. The van der Waals surface area contributed by atoms with Gasteiger partial charge in [0, 0.05) is 40.3 Å². The summed E-state index contributed by atoms with van der Waals surface area (Å²) in [6, 6.07) is 11.9. The lowest BCUT2D eigenvalue weighted by molar-refractivity contribution is 0.102. The number of aldehydes is 1. The van der Waals surface area contributed by atoms with Crippen molar-refractivity contribution in [1.29, 1.82) is 0 Å². The van der Waals surface area contributed by atoms with Crippen LogP contribution in [0.2, 0.25) is 5.02 Å². The Bertz CT molecular complexity index is 1250. The van der Waals surface area contributed by atoms with Crippen molar-refractivity contribution in [2.24, 2.45) is 0 Å². The smallest absolute Gasteiger partial charge is 0.260 e. The van der Waals surface area contributed by atoms with E-state index in [1.807, 2.05) is 0 Å². The average molecular weight is 417 g/mol. The molecule has 0 aliphatic carbocycles. The van der Waals surface area contributed by atoms with Crippen LogP contribution in [-0.4, -0.2) is 37.1 Å². The van der Waals surface area contributed by atoms with Gasteiger partial charge in [0.15, 0.2) is 12.1 Å². The van der Waals surface area contributed by atoms with E-state index in [1.54, 1.807) is 48.7 Å². The Morgan fingerprint density at radius 2 is 1.93 bits per heavy atom. The van der Waals surface area contributed by atoms with Crippen LogP contribution in [0.3, 0.4) is 0 Å². The first-order chi connectivity index (χ1) is 14.7. The highest BCUT2D eigenvalue weighted by atomic mass is 35.5. The number of pyridine rings is 2. The van der Waals surface area contributed by atoms with Crippen LogP contribution in [0.5, 0.6) is 0 Å². The quantitative estimate of drug-likeness (QED) is 0.493. The van der Waals surface area contributed by atoms with Crippen LogP contribution in [0.25, 0.3) is 22.6 Å². The molecule has 4 rings (SSSR count). The molecule has 0 saturated carbocycles. The fraction of sp³-hybridized carbons (Fsp3) is 0. The van der Waals surface area contributed by atoms with Gasteiger partial charge in [0.05, 0.1) is 11.3 Å². The minimum Gasteiger partial charge on any atom is -0.298 e. The second kappa shape index (κ2) is 8.54. The number of hydrogen-bond acceptors (Lipinski definition) is 7. The molecule has 0 saturated heterocycles. The Balaban J connectivity index is 1.66. The number of benzene rings is 1. The van der Waals surface area contributed by atoms with Crippen LogP contribution in [0.1, 0.15) is 20.7 Å². The number of amides is 1. The van der Waals surface area contributed by atoms with Crippen LogP contribution >= 0.6 is 11.6 Å². The maximum Gasteiger partial charge on any atom is 0.260 e. The van der Waals surface area contributed by atoms with Gasteiger partial charge in [-0.1, -0.05) is 23.7 Å². The summed E-state index contributed by atoms with van der Waals surface area (Å²) in [7, 11) is 0. The van der Waals surface area contributed by atoms with Gasteiger partial charge in [0.25, 0.3) is 5.91 Å². The van der Waals surface area contributed by atoms with Crippen molar-refractivity contribution in [2.45, 2.75) is 0 Å². The lowest BCUT2D eigenvalue weighted by Gasteiger charge is -2.10. The van der Waals surface area contributed by atoms with Gasteiger partial charge in [0.2, 0.25) is 5.95 Å². The molecular formula is C21H13ClN6O2. The van der Waals surface area contributed by atoms with Gasteiger partial charge in [-0.15, -0.1) is 0 Å². The first kappa shape index (κ1) is 19.3. The van der Waals surface area contributed by atoms with Gasteiger partial charge in [-0.05, 0) is 30.3 Å². The van der Waals surface area contributed by atoms with Crippen LogP contribution < -0.4 is 5.32 Å². The zero-order valence-corrected chi connectivity index (χ0v) is 16.1. The summed E-state index contributed by atoms with van der Waals surface area (Å²) in [6.07, 6.45) is 6.46. The molecule has 1 N–H and O–H groups in total. The van der Waals surface area contributed by atoms with E-state index in [2.05, 4.69) is 30.2 Å². The molecule has 3 heterocycles. The Hall–Kier alpha value is -4.04. The predicted molar refractivity (Wildman–Crippen MR) is 111 cm³/mol. The molecule has 3 aromatic heterocycles. The average Bonchev–Trinajstić information content (AvgIpc) is 2.79. The van der Waals surface area contributed by atoms with Gasteiger partial charge in [-0.25, -0.2) is 9.97 Å². The highest BCUT2D eigenvalue weighted by Gasteiger charge is 2.17. The normalized spacial score (nSPS) is 10.4. The fourth-order valence-corrected chi connectivity index (χ4v) is 3.00. The molecule has 146 valence electrons. The van der Waals surface area contributed by atoms with Crippen LogP contribution in [0, 0.1) is 0 Å². The van der Waals surface area contributed by atoms with E-state index in [1.165, 1.54) is 18.7 Å². The number of carbonyl (C=O) groups excluding carboxylic acids is 2.